The van der Waals surface area contributed by atoms with Gasteiger partial charge in [0.2, 0.25) is 5.91 Å². The number of anilines is 1. The number of carbonyl (C=O) groups is 1. The number of amides is 1. The molecule has 0 spiro atoms. The number of hydrogen-bond acceptors (Lipinski definition) is 3. The van der Waals surface area contributed by atoms with E-state index in [1.165, 1.54) is 11.1 Å². The van der Waals surface area contributed by atoms with Crippen molar-refractivity contribution in [1.82, 2.24) is 10.3 Å². The molecule has 3 rings (SSSR count). The number of carbonyl (C=O) groups excluding carboxylic acids is 1. The van der Waals surface area contributed by atoms with E-state index in [1.807, 2.05) is 31.1 Å². The fraction of sp³-hybridized carbons (Fsp3) is 0.368. The van der Waals surface area contributed by atoms with Gasteiger partial charge in [0.15, 0.2) is 0 Å². The summed E-state index contributed by atoms with van der Waals surface area (Å²) in [4.78, 5) is 18.7. The second-order valence-electron chi connectivity index (χ2n) is 6.34. The zero-order chi connectivity index (χ0) is 16.2. The molecule has 120 valence electrons. The van der Waals surface area contributed by atoms with E-state index in [2.05, 4.69) is 34.6 Å². The first-order valence-corrected chi connectivity index (χ1v) is 8.10. The third kappa shape index (κ3) is 3.70. The first kappa shape index (κ1) is 15.5. The van der Waals surface area contributed by atoms with Crippen LogP contribution in [0.15, 0.2) is 42.6 Å². The van der Waals surface area contributed by atoms with E-state index in [1.54, 1.807) is 6.20 Å². The molecule has 23 heavy (non-hydrogen) atoms. The predicted octanol–water partition coefficient (Wildman–Crippen LogP) is 2.57. The van der Waals surface area contributed by atoms with Crippen LogP contribution < -0.4 is 10.2 Å². The van der Waals surface area contributed by atoms with Crippen LogP contribution in [0, 0.1) is 5.92 Å². The summed E-state index contributed by atoms with van der Waals surface area (Å²) in [5, 5.41) is 3.08. The topological polar surface area (TPSA) is 45.2 Å². The van der Waals surface area contributed by atoms with Crippen molar-refractivity contribution >= 4 is 11.7 Å². The Balaban J connectivity index is 1.59. The summed E-state index contributed by atoms with van der Waals surface area (Å²) in [6.07, 6.45) is 4.56. The Morgan fingerprint density at radius 2 is 2.04 bits per heavy atom. The summed E-state index contributed by atoms with van der Waals surface area (Å²) in [5.41, 5.74) is 3.78. The highest BCUT2D eigenvalue weighted by Gasteiger charge is 2.24. The average molecular weight is 309 g/mol. The molecule has 2 aromatic rings. The molecule has 1 amide bonds. The van der Waals surface area contributed by atoms with Gasteiger partial charge in [0, 0.05) is 32.8 Å². The minimum atomic E-state index is 0.0834. The molecule has 1 aromatic carbocycles. The molecule has 0 radical (unpaired) electrons. The minimum Gasteiger partial charge on any atom is -0.363 e. The summed E-state index contributed by atoms with van der Waals surface area (Å²) >= 11 is 0. The largest absolute Gasteiger partial charge is 0.363 e. The lowest BCUT2D eigenvalue weighted by Gasteiger charge is -2.23. The third-order valence-electron chi connectivity index (χ3n) is 4.45. The van der Waals surface area contributed by atoms with Gasteiger partial charge in [-0.2, -0.15) is 0 Å². The quantitative estimate of drug-likeness (QED) is 0.944. The maximum Gasteiger partial charge on any atom is 0.223 e. The summed E-state index contributed by atoms with van der Waals surface area (Å²) < 4.78 is 0. The molecule has 1 atom stereocenters. The van der Waals surface area contributed by atoms with Crippen molar-refractivity contribution in [2.45, 2.75) is 25.8 Å². The first-order valence-electron chi connectivity index (χ1n) is 8.10. The maximum absolute atomic E-state index is 12.5. The smallest absolute Gasteiger partial charge is 0.223 e. The van der Waals surface area contributed by atoms with Crippen LogP contribution in [0.2, 0.25) is 0 Å². The van der Waals surface area contributed by atoms with E-state index in [0.717, 1.165) is 30.6 Å². The van der Waals surface area contributed by atoms with Crippen LogP contribution in [0.25, 0.3) is 0 Å². The van der Waals surface area contributed by atoms with Gasteiger partial charge in [0.25, 0.3) is 0 Å². The van der Waals surface area contributed by atoms with E-state index in [0.29, 0.717) is 6.54 Å². The molecule has 1 heterocycles. The van der Waals surface area contributed by atoms with Crippen molar-refractivity contribution in [3.05, 3.63) is 59.3 Å². The Hall–Kier alpha value is -2.36. The number of hydrogen-bond donors (Lipinski definition) is 1. The Morgan fingerprint density at radius 1 is 1.26 bits per heavy atom. The number of rotatable bonds is 4. The minimum absolute atomic E-state index is 0.0834. The zero-order valence-corrected chi connectivity index (χ0v) is 13.7. The molecular formula is C19H23N3O. The molecule has 4 heteroatoms. The van der Waals surface area contributed by atoms with Crippen molar-refractivity contribution in [2.75, 3.05) is 19.0 Å². The number of aryl methyl sites for hydroxylation is 1. The number of nitrogens with one attached hydrogen (secondary N) is 1. The Labute approximate surface area is 137 Å². The number of aromatic nitrogens is 1. The molecule has 1 aromatic heterocycles. The number of nitrogens with zero attached hydrogens (tertiary/aromatic N) is 2. The van der Waals surface area contributed by atoms with Crippen LogP contribution >= 0.6 is 0 Å². The van der Waals surface area contributed by atoms with Gasteiger partial charge >= 0.3 is 0 Å². The average Bonchev–Trinajstić information content (AvgIpc) is 2.59. The number of benzene rings is 1. The molecule has 1 unspecified atom stereocenters. The molecule has 1 N–H and O–H groups in total. The highest BCUT2D eigenvalue weighted by Crippen LogP contribution is 2.25. The predicted molar refractivity (Wildman–Crippen MR) is 92.4 cm³/mol. The molecule has 0 aliphatic heterocycles. The van der Waals surface area contributed by atoms with E-state index >= 15 is 0 Å². The van der Waals surface area contributed by atoms with Crippen molar-refractivity contribution in [3.8, 4) is 0 Å². The monoisotopic (exact) mass is 309 g/mol. The fourth-order valence-electron chi connectivity index (χ4n) is 3.07. The maximum atomic E-state index is 12.5. The molecule has 1 aliphatic carbocycles. The molecule has 4 nitrogen and oxygen atoms in total. The number of pyridine rings is 1. The highest BCUT2D eigenvalue weighted by atomic mass is 16.1. The molecule has 0 saturated heterocycles. The SMILES string of the molecule is CN(C)c1cc(CNC(=O)C2CCc3ccccc3C2)ccn1. The van der Waals surface area contributed by atoms with Crippen LogP contribution in [0.3, 0.4) is 0 Å². The van der Waals surface area contributed by atoms with Gasteiger partial charge < -0.3 is 10.2 Å². The van der Waals surface area contributed by atoms with Gasteiger partial charge in [-0.15, -0.1) is 0 Å². The van der Waals surface area contributed by atoms with Gasteiger partial charge in [-0.05, 0) is 48.1 Å². The van der Waals surface area contributed by atoms with Gasteiger partial charge in [0.1, 0.15) is 5.82 Å². The normalized spacial score (nSPS) is 16.5. The van der Waals surface area contributed by atoms with E-state index in [9.17, 15) is 4.79 Å². The van der Waals surface area contributed by atoms with Crippen LogP contribution in [0.5, 0.6) is 0 Å². The fourth-order valence-corrected chi connectivity index (χ4v) is 3.07. The van der Waals surface area contributed by atoms with E-state index in [4.69, 9.17) is 0 Å². The van der Waals surface area contributed by atoms with Gasteiger partial charge in [-0.1, -0.05) is 24.3 Å². The Kier molecular flexibility index (Phi) is 4.60. The van der Waals surface area contributed by atoms with Crippen LogP contribution in [-0.4, -0.2) is 25.0 Å². The second kappa shape index (κ2) is 6.82. The van der Waals surface area contributed by atoms with Crippen molar-refractivity contribution in [1.29, 1.82) is 0 Å². The van der Waals surface area contributed by atoms with Crippen LogP contribution in [-0.2, 0) is 24.2 Å². The Morgan fingerprint density at radius 3 is 2.83 bits per heavy atom. The van der Waals surface area contributed by atoms with Gasteiger partial charge in [-0.25, -0.2) is 4.98 Å². The van der Waals surface area contributed by atoms with Crippen molar-refractivity contribution < 1.29 is 4.79 Å². The summed E-state index contributed by atoms with van der Waals surface area (Å²) in [5.74, 6) is 1.14. The molecule has 0 fully saturated rings. The lowest BCUT2D eigenvalue weighted by Crippen LogP contribution is -2.33. The van der Waals surface area contributed by atoms with Crippen LogP contribution in [0.1, 0.15) is 23.1 Å². The van der Waals surface area contributed by atoms with Crippen molar-refractivity contribution in [3.63, 3.8) is 0 Å². The molecule has 0 saturated carbocycles. The second-order valence-corrected chi connectivity index (χ2v) is 6.34. The standard InChI is InChI=1S/C19H23N3O/c1-22(2)18-11-14(9-10-20-18)13-21-19(23)17-8-7-15-5-3-4-6-16(15)12-17/h3-6,9-11,17H,7-8,12-13H2,1-2H3,(H,21,23). The highest BCUT2D eigenvalue weighted by molar-refractivity contribution is 5.79. The Bertz CT molecular complexity index is 697. The summed E-state index contributed by atoms with van der Waals surface area (Å²) in [6, 6.07) is 12.4. The van der Waals surface area contributed by atoms with E-state index < -0.39 is 0 Å². The lowest BCUT2D eigenvalue weighted by atomic mass is 9.83. The lowest BCUT2D eigenvalue weighted by molar-refractivity contribution is -0.125. The summed E-state index contributed by atoms with van der Waals surface area (Å²) in [6.45, 7) is 0.556. The molecule has 1 aliphatic rings. The van der Waals surface area contributed by atoms with Crippen LogP contribution in [0.4, 0.5) is 5.82 Å². The first-order chi connectivity index (χ1) is 11.1. The summed E-state index contributed by atoms with van der Waals surface area (Å²) in [7, 11) is 3.92. The molecule has 0 bridgehead atoms. The van der Waals surface area contributed by atoms with E-state index in [-0.39, 0.29) is 11.8 Å². The van der Waals surface area contributed by atoms with Gasteiger partial charge in [-0.3, -0.25) is 4.79 Å². The zero-order valence-electron chi connectivity index (χ0n) is 13.7. The number of fused-ring (bicyclic) bond motifs is 1. The third-order valence-corrected chi connectivity index (χ3v) is 4.45. The van der Waals surface area contributed by atoms with Crippen molar-refractivity contribution in [2.24, 2.45) is 5.92 Å². The molecular weight excluding hydrogens is 286 g/mol. The van der Waals surface area contributed by atoms with Gasteiger partial charge in [0.05, 0.1) is 0 Å².